The molecule has 112 valence electrons. The van der Waals surface area contributed by atoms with E-state index in [-0.39, 0.29) is 12.2 Å². The van der Waals surface area contributed by atoms with Gasteiger partial charge in [-0.25, -0.2) is 0 Å². The molecular formula is C15H15BrCl2N2O. The van der Waals surface area contributed by atoms with Gasteiger partial charge in [-0.3, -0.25) is 9.48 Å². The number of rotatable bonds is 5. The van der Waals surface area contributed by atoms with Crippen molar-refractivity contribution in [1.82, 2.24) is 9.78 Å². The summed E-state index contributed by atoms with van der Waals surface area (Å²) in [7, 11) is 0. The van der Waals surface area contributed by atoms with E-state index in [1.54, 1.807) is 22.9 Å². The molecule has 0 N–H and O–H groups in total. The quantitative estimate of drug-likeness (QED) is 0.677. The second kappa shape index (κ2) is 6.95. The van der Waals surface area contributed by atoms with Crippen molar-refractivity contribution in [2.75, 3.05) is 0 Å². The van der Waals surface area contributed by atoms with Crippen LogP contribution < -0.4 is 0 Å². The van der Waals surface area contributed by atoms with Crippen molar-refractivity contribution in [2.24, 2.45) is 0 Å². The van der Waals surface area contributed by atoms with Crippen molar-refractivity contribution < 1.29 is 4.79 Å². The lowest BCUT2D eigenvalue weighted by molar-refractivity contribution is 0.0990. The maximum absolute atomic E-state index is 12.5. The van der Waals surface area contributed by atoms with E-state index in [9.17, 15) is 4.79 Å². The van der Waals surface area contributed by atoms with E-state index in [2.05, 4.69) is 21.0 Å². The molecule has 2 aromatic rings. The summed E-state index contributed by atoms with van der Waals surface area (Å²) < 4.78 is 2.57. The first-order valence-corrected chi connectivity index (χ1v) is 8.24. The van der Waals surface area contributed by atoms with E-state index < -0.39 is 0 Å². The lowest BCUT2D eigenvalue weighted by Gasteiger charge is -2.06. The third-order valence-electron chi connectivity index (χ3n) is 3.21. The number of carbonyl (C=O) groups excluding carboxylic acids is 1. The third-order valence-corrected chi connectivity index (χ3v) is 4.32. The molecule has 0 saturated heterocycles. The van der Waals surface area contributed by atoms with Crippen LogP contribution in [0.3, 0.4) is 0 Å². The standard InChI is InChI=1S/C15H15BrCl2N2O/c1-3-12-15(18)13(20(4-2)19-12)8-14(21)9-5-10(16)7-11(17)6-9/h5-7H,3-4,8H2,1-2H3. The molecule has 3 nitrogen and oxygen atoms in total. The Hall–Kier alpha value is -0.840. The molecule has 0 aliphatic carbocycles. The van der Waals surface area contributed by atoms with Gasteiger partial charge in [0.05, 0.1) is 22.8 Å². The summed E-state index contributed by atoms with van der Waals surface area (Å²) in [6.07, 6.45) is 0.961. The molecule has 1 aromatic heterocycles. The first-order chi connectivity index (χ1) is 9.96. The van der Waals surface area contributed by atoms with E-state index in [4.69, 9.17) is 23.2 Å². The molecule has 2 rings (SSSR count). The number of hydrogen-bond donors (Lipinski definition) is 0. The van der Waals surface area contributed by atoms with Crippen molar-refractivity contribution in [3.63, 3.8) is 0 Å². The Labute approximate surface area is 142 Å². The molecule has 0 spiro atoms. The minimum Gasteiger partial charge on any atom is -0.294 e. The predicted molar refractivity (Wildman–Crippen MR) is 89.5 cm³/mol. The maximum Gasteiger partial charge on any atom is 0.168 e. The zero-order valence-electron chi connectivity index (χ0n) is 11.8. The molecule has 0 aliphatic heterocycles. The minimum absolute atomic E-state index is 0.0302. The minimum atomic E-state index is -0.0302. The van der Waals surface area contributed by atoms with Crippen LogP contribution in [0.5, 0.6) is 0 Å². The highest BCUT2D eigenvalue weighted by atomic mass is 79.9. The summed E-state index contributed by atoms with van der Waals surface area (Å²) in [5, 5.41) is 5.54. The fourth-order valence-corrected chi connectivity index (χ4v) is 3.35. The normalized spacial score (nSPS) is 10.9. The van der Waals surface area contributed by atoms with Gasteiger partial charge in [-0.05, 0) is 31.5 Å². The van der Waals surface area contributed by atoms with Gasteiger partial charge in [0.2, 0.25) is 0 Å². The van der Waals surface area contributed by atoms with Crippen molar-refractivity contribution in [3.05, 3.63) is 49.7 Å². The topological polar surface area (TPSA) is 34.9 Å². The molecule has 0 fully saturated rings. The van der Waals surface area contributed by atoms with Gasteiger partial charge in [-0.15, -0.1) is 0 Å². The van der Waals surface area contributed by atoms with Gasteiger partial charge < -0.3 is 0 Å². The number of carbonyl (C=O) groups is 1. The number of benzene rings is 1. The summed E-state index contributed by atoms with van der Waals surface area (Å²) in [6.45, 7) is 4.65. The van der Waals surface area contributed by atoms with E-state index >= 15 is 0 Å². The number of aromatic nitrogens is 2. The molecule has 0 unspecified atom stereocenters. The molecule has 6 heteroatoms. The lowest BCUT2D eigenvalue weighted by Crippen LogP contribution is -2.10. The van der Waals surface area contributed by atoms with E-state index in [0.717, 1.165) is 22.3 Å². The lowest BCUT2D eigenvalue weighted by atomic mass is 10.1. The van der Waals surface area contributed by atoms with Gasteiger partial charge in [0.1, 0.15) is 0 Å². The number of hydrogen-bond acceptors (Lipinski definition) is 2. The number of nitrogens with zero attached hydrogens (tertiary/aromatic N) is 2. The molecule has 1 heterocycles. The Balaban J connectivity index is 2.33. The van der Waals surface area contributed by atoms with Gasteiger partial charge in [-0.1, -0.05) is 46.1 Å². The average Bonchev–Trinajstić information content (AvgIpc) is 2.74. The van der Waals surface area contributed by atoms with Crippen LogP contribution in [0.25, 0.3) is 0 Å². The van der Waals surface area contributed by atoms with E-state index in [1.807, 2.05) is 13.8 Å². The van der Waals surface area contributed by atoms with Gasteiger partial charge in [0.15, 0.2) is 5.78 Å². The average molecular weight is 390 g/mol. The summed E-state index contributed by atoms with van der Waals surface area (Å²) >= 11 is 15.7. The van der Waals surface area contributed by atoms with Crippen molar-refractivity contribution in [1.29, 1.82) is 0 Å². The summed E-state index contributed by atoms with van der Waals surface area (Å²) in [4.78, 5) is 12.5. The fourth-order valence-electron chi connectivity index (χ4n) is 2.16. The van der Waals surface area contributed by atoms with Gasteiger partial charge >= 0.3 is 0 Å². The predicted octanol–water partition coefficient (Wildman–Crippen LogP) is 4.96. The Morgan fingerprint density at radius 3 is 2.57 bits per heavy atom. The number of halogens is 3. The molecule has 0 saturated carbocycles. The SMILES string of the molecule is CCc1nn(CC)c(CC(=O)c2cc(Cl)cc(Br)c2)c1Cl. The van der Waals surface area contributed by atoms with Crippen molar-refractivity contribution >= 4 is 44.9 Å². The van der Waals surface area contributed by atoms with Crippen molar-refractivity contribution in [2.45, 2.75) is 33.2 Å². The van der Waals surface area contributed by atoms with Crippen LogP contribution in [0, 0.1) is 0 Å². The molecule has 21 heavy (non-hydrogen) atoms. The fraction of sp³-hybridized carbons (Fsp3) is 0.333. The highest BCUT2D eigenvalue weighted by Gasteiger charge is 2.18. The highest BCUT2D eigenvalue weighted by Crippen LogP contribution is 2.25. The monoisotopic (exact) mass is 388 g/mol. The van der Waals surface area contributed by atoms with Gasteiger partial charge in [-0.2, -0.15) is 5.10 Å². The van der Waals surface area contributed by atoms with Crippen LogP contribution in [0.15, 0.2) is 22.7 Å². The zero-order valence-corrected chi connectivity index (χ0v) is 14.9. The van der Waals surface area contributed by atoms with Gasteiger partial charge in [0, 0.05) is 21.6 Å². The highest BCUT2D eigenvalue weighted by molar-refractivity contribution is 9.10. The zero-order chi connectivity index (χ0) is 15.6. The van der Waals surface area contributed by atoms with Crippen LogP contribution in [-0.4, -0.2) is 15.6 Å². The molecular weight excluding hydrogens is 375 g/mol. The van der Waals surface area contributed by atoms with Crippen LogP contribution >= 0.6 is 39.1 Å². The summed E-state index contributed by atoms with van der Waals surface area (Å²) in [5.74, 6) is -0.0302. The molecule has 0 radical (unpaired) electrons. The Bertz CT molecular complexity index is 662. The van der Waals surface area contributed by atoms with Crippen LogP contribution in [0.4, 0.5) is 0 Å². The van der Waals surface area contributed by atoms with E-state index in [1.165, 1.54) is 0 Å². The van der Waals surface area contributed by atoms with Crippen LogP contribution in [0.1, 0.15) is 35.6 Å². The molecule has 0 aliphatic rings. The van der Waals surface area contributed by atoms with Crippen LogP contribution in [0.2, 0.25) is 10.0 Å². The van der Waals surface area contributed by atoms with E-state index in [0.29, 0.717) is 22.2 Å². The molecule has 0 atom stereocenters. The van der Waals surface area contributed by atoms with Crippen LogP contribution in [-0.2, 0) is 19.4 Å². The molecule has 1 aromatic carbocycles. The smallest absolute Gasteiger partial charge is 0.168 e. The second-order valence-corrected chi connectivity index (χ2v) is 6.36. The third kappa shape index (κ3) is 3.68. The first kappa shape index (κ1) is 16.5. The van der Waals surface area contributed by atoms with Gasteiger partial charge in [0.25, 0.3) is 0 Å². The van der Waals surface area contributed by atoms with Crippen molar-refractivity contribution in [3.8, 4) is 0 Å². The largest absolute Gasteiger partial charge is 0.294 e. The first-order valence-electron chi connectivity index (χ1n) is 6.69. The molecule has 0 amide bonds. The molecule has 0 bridgehead atoms. The number of ketones is 1. The maximum atomic E-state index is 12.5. The summed E-state index contributed by atoms with van der Waals surface area (Å²) in [6, 6.07) is 5.17. The second-order valence-electron chi connectivity index (χ2n) is 4.63. The Kier molecular flexibility index (Phi) is 5.47. The Morgan fingerprint density at radius 1 is 1.29 bits per heavy atom. The Morgan fingerprint density at radius 2 is 2.00 bits per heavy atom. The number of aryl methyl sites for hydroxylation is 2. The summed E-state index contributed by atoms with van der Waals surface area (Å²) in [5.41, 5.74) is 2.15. The number of Topliss-reactive ketones (excluding diaryl/α,β-unsaturated/α-hetero) is 1.